The molecule has 3 aromatic rings. The molecule has 0 radical (unpaired) electrons. The monoisotopic (exact) mass is 351 g/mol. The molecule has 1 aliphatic rings. The van der Waals surface area contributed by atoms with Crippen LogP contribution in [0.25, 0.3) is 11.5 Å². The summed E-state index contributed by atoms with van der Waals surface area (Å²) in [7, 11) is 0. The van der Waals surface area contributed by atoms with Gasteiger partial charge in [0.1, 0.15) is 5.82 Å². The molecule has 0 saturated carbocycles. The Balaban J connectivity index is 1.56. The Bertz CT molecular complexity index is 983. The Hall–Kier alpha value is -3.02. The third-order valence-electron chi connectivity index (χ3n) is 4.66. The van der Waals surface area contributed by atoms with E-state index in [1.165, 1.54) is 6.07 Å². The van der Waals surface area contributed by atoms with Crippen molar-refractivity contribution in [2.45, 2.75) is 26.2 Å². The Morgan fingerprint density at radius 2 is 2.04 bits per heavy atom. The first-order valence-electron chi connectivity index (χ1n) is 8.48. The molecule has 2 heterocycles. The number of carbonyl (C=O) groups is 1. The van der Waals surface area contributed by atoms with Crippen molar-refractivity contribution < 1.29 is 13.7 Å². The van der Waals surface area contributed by atoms with Crippen LogP contribution in [0, 0.1) is 19.7 Å². The van der Waals surface area contributed by atoms with E-state index in [9.17, 15) is 9.18 Å². The molecule has 0 aliphatic carbocycles. The van der Waals surface area contributed by atoms with E-state index in [-0.39, 0.29) is 24.1 Å². The summed E-state index contributed by atoms with van der Waals surface area (Å²) in [6.45, 7) is 4.10. The number of halogens is 1. The van der Waals surface area contributed by atoms with Crippen molar-refractivity contribution in [3.63, 3.8) is 0 Å². The van der Waals surface area contributed by atoms with Crippen molar-refractivity contribution in [1.29, 1.82) is 0 Å². The summed E-state index contributed by atoms with van der Waals surface area (Å²) in [4.78, 5) is 18.4. The van der Waals surface area contributed by atoms with Gasteiger partial charge >= 0.3 is 0 Å². The van der Waals surface area contributed by atoms with E-state index in [2.05, 4.69) is 10.1 Å². The van der Waals surface area contributed by atoms with Crippen LogP contribution in [0.1, 0.15) is 29.3 Å². The summed E-state index contributed by atoms with van der Waals surface area (Å²) >= 11 is 0. The lowest BCUT2D eigenvalue weighted by atomic mass is 10.1. The number of anilines is 1. The second-order valence-electron chi connectivity index (χ2n) is 6.67. The molecule has 0 N–H and O–H groups in total. The third kappa shape index (κ3) is 2.98. The largest absolute Gasteiger partial charge is 0.334 e. The molecule has 1 saturated heterocycles. The maximum atomic E-state index is 13.8. The summed E-state index contributed by atoms with van der Waals surface area (Å²) in [6.07, 6.45) is 0.280. The molecule has 1 atom stereocenters. The van der Waals surface area contributed by atoms with Gasteiger partial charge in [0.15, 0.2) is 5.82 Å². The summed E-state index contributed by atoms with van der Waals surface area (Å²) in [6, 6.07) is 12.6. The molecule has 4 rings (SSSR count). The van der Waals surface area contributed by atoms with Crippen molar-refractivity contribution in [2.75, 3.05) is 11.4 Å². The van der Waals surface area contributed by atoms with Gasteiger partial charge in [-0.3, -0.25) is 4.79 Å². The first kappa shape index (κ1) is 16.4. The number of aryl methyl sites for hydroxylation is 2. The van der Waals surface area contributed by atoms with Gasteiger partial charge < -0.3 is 9.42 Å². The minimum atomic E-state index is -0.319. The number of rotatable bonds is 3. The predicted octanol–water partition coefficient (Wildman–Crippen LogP) is 4.01. The summed E-state index contributed by atoms with van der Waals surface area (Å²) in [5.74, 6) is 0.385. The first-order valence-corrected chi connectivity index (χ1v) is 8.48. The van der Waals surface area contributed by atoms with E-state index in [0.717, 1.165) is 11.1 Å². The van der Waals surface area contributed by atoms with Crippen LogP contribution in [0.3, 0.4) is 0 Å². The van der Waals surface area contributed by atoms with E-state index in [1.54, 1.807) is 24.0 Å². The normalized spacial score (nSPS) is 17.1. The van der Waals surface area contributed by atoms with Crippen LogP contribution < -0.4 is 4.90 Å². The van der Waals surface area contributed by atoms with Gasteiger partial charge in [-0.2, -0.15) is 4.98 Å². The molecule has 1 amide bonds. The van der Waals surface area contributed by atoms with Crippen molar-refractivity contribution in [3.05, 3.63) is 65.2 Å². The van der Waals surface area contributed by atoms with Crippen LogP contribution >= 0.6 is 0 Å². The van der Waals surface area contributed by atoms with Crippen molar-refractivity contribution in [2.24, 2.45) is 0 Å². The molecule has 132 valence electrons. The number of amides is 1. The minimum Gasteiger partial charge on any atom is -0.334 e. The zero-order valence-electron chi connectivity index (χ0n) is 14.6. The molecular weight excluding hydrogens is 333 g/mol. The van der Waals surface area contributed by atoms with E-state index >= 15 is 0 Å². The average Bonchev–Trinajstić information content (AvgIpc) is 3.24. The predicted molar refractivity (Wildman–Crippen MR) is 95.3 cm³/mol. The number of aromatic nitrogens is 2. The van der Waals surface area contributed by atoms with Crippen LogP contribution in [0.5, 0.6) is 0 Å². The minimum absolute atomic E-state index is 0.0693. The zero-order chi connectivity index (χ0) is 18.3. The van der Waals surface area contributed by atoms with Gasteiger partial charge in [-0.1, -0.05) is 28.9 Å². The van der Waals surface area contributed by atoms with Crippen LogP contribution in [0.2, 0.25) is 0 Å². The third-order valence-corrected chi connectivity index (χ3v) is 4.66. The SMILES string of the molecule is Cc1cccc(-c2nc(C3CC(=O)N(c4ccc(C)c(F)c4)C3)no2)c1. The fraction of sp³-hybridized carbons (Fsp3) is 0.250. The van der Waals surface area contributed by atoms with E-state index in [0.29, 0.717) is 29.5 Å². The average molecular weight is 351 g/mol. The lowest BCUT2D eigenvalue weighted by molar-refractivity contribution is -0.117. The molecule has 1 fully saturated rings. The second kappa shape index (κ2) is 6.37. The van der Waals surface area contributed by atoms with Crippen LogP contribution in [0.4, 0.5) is 10.1 Å². The molecule has 6 heteroatoms. The molecule has 1 aliphatic heterocycles. The molecule has 1 unspecified atom stereocenters. The highest BCUT2D eigenvalue weighted by molar-refractivity contribution is 5.96. The van der Waals surface area contributed by atoms with Gasteiger partial charge in [0.05, 0.1) is 0 Å². The summed E-state index contributed by atoms with van der Waals surface area (Å²) < 4.78 is 19.2. The Labute approximate surface area is 150 Å². The van der Waals surface area contributed by atoms with Gasteiger partial charge in [0.2, 0.25) is 5.91 Å². The smallest absolute Gasteiger partial charge is 0.257 e. The number of carbonyl (C=O) groups excluding carboxylic acids is 1. The molecule has 2 aromatic carbocycles. The number of hydrogen-bond acceptors (Lipinski definition) is 4. The molecule has 0 spiro atoms. The van der Waals surface area contributed by atoms with Crippen LogP contribution in [-0.2, 0) is 4.79 Å². The standard InChI is InChI=1S/C20H18FN3O2/c1-12-4-3-5-14(8-12)20-22-19(23-26-20)15-9-18(25)24(11-15)16-7-6-13(2)17(21)10-16/h3-8,10,15H,9,11H2,1-2H3. The first-order chi connectivity index (χ1) is 12.5. The maximum absolute atomic E-state index is 13.8. The molecule has 26 heavy (non-hydrogen) atoms. The molecular formula is C20H18FN3O2. The van der Waals surface area contributed by atoms with E-state index < -0.39 is 0 Å². The fourth-order valence-electron chi connectivity index (χ4n) is 3.18. The molecule has 5 nitrogen and oxygen atoms in total. The Morgan fingerprint density at radius 1 is 1.19 bits per heavy atom. The molecule has 0 bridgehead atoms. The van der Waals surface area contributed by atoms with Crippen LogP contribution in [0.15, 0.2) is 47.0 Å². The van der Waals surface area contributed by atoms with Gasteiger partial charge in [-0.05, 0) is 43.7 Å². The highest BCUT2D eigenvalue weighted by Crippen LogP contribution is 2.32. The lowest BCUT2D eigenvalue weighted by Gasteiger charge is -2.16. The highest BCUT2D eigenvalue weighted by Gasteiger charge is 2.34. The number of benzene rings is 2. The van der Waals surface area contributed by atoms with E-state index in [4.69, 9.17) is 4.52 Å². The fourth-order valence-corrected chi connectivity index (χ4v) is 3.18. The summed E-state index contributed by atoms with van der Waals surface area (Å²) in [5, 5.41) is 4.06. The Morgan fingerprint density at radius 3 is 2.81 bits per heavy atom. The topological polar surface area (TPSA) is 59.2 Å². The van der Waals surface area contributed by atoms with Crippen molar-refractivity contribution in [3.8, 4) is 11.5 Å². The Kier molecular flexibility index (Phi) is 4.03. The molecule has 1 aromatic heterocycles. The highest BCUT2D eigenvalue weighted by atomic mass is 19.1. The number of nitrogens with zero attached hydrogens (tertiary/aromatic N) is 3. The maximum Gasteiger partial charge on any atom is 0.257 e. The zero-order valence-corrected chi connectivity index (χ0v) is 14.6. The van der Waals surface area contributed by atoms with Gasteiger partial charge in [0, 0.05) is 30.1 Å². The van der Waals surface area contributed by atoms with Gasteiger partial charge in [-0.15, -0.1) is 0 Å². The second-order valence-corrected chi connectivity index (χ2v) is 6.67. The lowest BCUT2D eigenvalue weighted by Crippen LogP contribution is -2.24. The van der Waals surface area contributed by atoms with Crippen molar-refractivity contribution in [1.82, 2.24) is 10.1 Å². The van der Waals surface area contributed by atoms with E-state index in [1.807, 2.05) is 31.2 Å². The summed E-state index contributed by atoms with van der Waals surface area (Å²) in [5.41, 5.74) is 3.07. The van der Waals surface area contributed by atoms with Crippen LogP contribution in [-0.4, -0.2) is 22.6 Å². The number of hydrogen-bond donors (Lipinski definition) is 0. The van der Waals surface area contributed by atoms with Gasteiger partial charge in [-0.25, -0.2) is 4.39 Å². The van der Waals surface area contributed by atoms with Gasteiger partial charge in [0.25, 0.3) is 5.89 Å². The quantitative estimate of drug-likeness (QED) is 0.715. The van der Waals surface area contributed by atoms with Crippen molar-refractivity contribution >= 4 is 11.6 Å².